The molecule has 0 saturated carbocycles. The van der Waals surface area contributed by atoms with Crippen molar-refractivity contribution in [2.75, 3.05) is 6.54 Å². The Morgan fingerprint density at radius 1 is 1.36 bits per heavy atom. The average Bonchev–Trinajstić information content (AvgIpc) is 2.06. The van der Waals surface area contributed by atoms with Crippen LogP contribution in [-0.2, 0) is 6.42 Å². The Labute approximate surface area is 80.2 Å². The molecule has 11 heavy (non-hydrogen) atoms. The maximum absolute atomic E-state index is 5.48. The Morgan fingerprint density at radius 3 is 2.73 bits per heavy atom. The molecule has 0 atom stereocenters. The van der Waals surface area contributed by atoms with Crippen molar-refractivity contribution in [1.29, 1.82) is 0 Å². The summed E-state index contributed by atoms with van der Waals surface area (Å²) in [5, 5.41) is 0. The van der Waals surface area contributed by atoms with Crippen molar-refractivity contribution < 1.29 is 0 Å². The molecule has 0 fully saturated rings. The van der Waals surface area contributed by atoms with E-state index in [2.05, 4.69) is 38.4 Å². The maximum atomic E-state index is 5.48. The first-order valence-electron chi connectivity index (χ1n) is 3.45. The Bertz CT molecular complexity index is 227. The fourth-order valence-electron chi connectivity index (χ4n) is 0.941. The average molecular weight is 279 g/mol. The van der Waals surface area contributed by atoms with Gasteiger partial charge in [-0.2, -0.15) is 0 Å². The van der Waals surface area contributed by atoms with E-state index >= 15 is 0 Å². The number of nitrogens with two attached hydrogens (primary N) is 1. The normalized spacial score (nSPS) is 10.0. The van der Waals surface area contributed by atoms with Gasteiger partial charge in [-0.15, -0.1) is 0 Å². The van der Waals surface area contributed by atoms with Crippen LogP contribution < -0.4 is 10.2 Å². The van der Waals surface area contributed by atoms with Gasteiger partial charge in [0.25, 0.3) is 0 Å². The van der Waals surface area contributed by atoms with E-state index in [0.717, 1.165) is 13.0 Å². The predicted octanol–water partition coefficient (Wildman–Crippen LogP) is 0.827. The van der Waals surface area contributed by atoms with Gasteiger partial charge in [-0.3, -0.25) is 0 Å². The van der Waals surface area contributed by atoms with Crippen LogP contribution in [0.5, 0.6) is 0 Å². The molecule has 0 heterocycles. The summed E-state index contributed by atoms with van der Waals surface area (Å²) >= 11 is 3.92. The molecule has 1 aromatic rings. The van der Waals surface area contributed by atoms with Crippen LogP contribution >= 0.6 is 14.1 Å². The third kappa shape index (κ3) is 2.60. The van der Waals surface area contributed by atoms with Crippen molar-refractivity contribution in [2.24, 2.45) is 5.73 Å². The standard InChI is InChI=1S/C8H10BrNSe/c9-11-8-4-2-1-3-7(8)5-6-10/h1-4H,5-6,10H2. The fourth-order valence-corrected chi connectivity index (χ4v) is 3.42. The van der Waals surface area contributed by atoms with Crippen molar-refractivity contribution in [3.63, 3.8) is 0 Å². The van der Waals surface area contributed by atoms with Crippen LogP contribution in [0.1, 0.15) is 5.56 Å². The zero-order chi connectivity index (χ0) is 8.10. The van der Waals surface area contributed by atoms with Gasteiger partial charge in [-0.05, 0) is 0 Å². The van der Waals surface area contributed by atoms with Crippen LogP contribution in [0.2, 0.25) is 0 Å². The molecule has 2 N–H and O–H groups in total. The first-order chi connectivity index (χ1) is 5.38. The van der Waals surface area contributed by atoms with Gasteiger partial charge in [0, 0.05) is 0 Å². The van der Waals surface area contributed by atoms with Crippen molar-refractivity contribution in [3.05, 3.63) is 29.8 Å². The molecule has 3 heteroatoms. The van der Waals surface area contributed by atoms with Crippen LogP contribution in [0, 0.1) is 0 Å². The number of hydrogen-bond donors (Lipinski definition) is 1. The molecule has 0 amide bonds. The zero-order valence-electron chi connectivity index (χ0n) is 6.09. The van der Waals surface area contributed by atoms with E-state index in [0.29, 0.717) is 13.1 Å². The molecule has 0 aromatic heterocycles. The number of benzene rings is 1. The van der Waals surface area contributed by atoms with Gasteiger partial charge in [0.05, 0.1) is 0 Å². The predicted molar refractivity (Wildman–Crippen MR) is 53.5 cm³/mol. The van der Waals surface area contributed by atoms with E-state index in [-0.39, 0.29) is 0 Å². The van der Waals surface area contributed by atoms with Gasteiger partial charge in [0.1, 0.15) is 0 Å². The summed E-state index contributed by atoms with van der Waals surface area (Å²) in [6.07, 6.45) is 0.990. The summed E-state index contributed by atoms with van der Waals surface area (Å²) in [7, 11) is 0. The minimum absolute atomic E-state index is 0.415. The molecule has 1 aromatic carbocycles. The molecule has 0 spiro atoms. The molecule has 1 rings (SSSR count). The van der Waals surface area contributed by atoms with E-state index in [1.54, 1.807) is 0 Å². The van der Waals surface area contributed by atoms with Crippen LogP contribution in [0.25, 0.3) is 0 Å². The number of rotatable bonds is 3. The monoisotopic (exact) mass is 279 g/mol. The quantitative estimate of drug-likeness (QED) is 0.815. The van der Waals surface area contributed by atoms with E-state index in [1.807, 2.05) is 0 Å². The minimum atomic E-state index is 0.415. The molecule has 60 valence electrons. The van der Waals surface area contributed by atoms with Crippen molar-refractivity contribution in [3.8, 4) is 0 Å². The van der Waals surface area contributed by atoms with E-state index in [9.17, 15) is 0 Å². The Kier molecular flexibility index (Phi) is 4.16. The molecular weight excluding hydrogens is 269 g/mol. The van der Waals surface area contributed by atoms with Crippen molar-refractivity contribution in [1.82, 2.24) is 0 Å². The summed E-state index contributed by atoms with van der Waals surface area (Å²) in [5.74, 6) is 0. The molecule has 0 bridgehead atoms. The van der Waals surface area contributed by atoms with Crippen molar-refractivity contribution >= 4 is 31.7 Å². The zero-order valence-corrected chi connectivity index (χ0v) is 9.39. The van der Waals surface area contributed by atoms with Crippen LogP contribution in [0.15, 0.2) is 24.3 Å². The van der Waals surface area contributed by atoms with Gasteiger partial charge in [0.2, 0.25) is 0 Å². The Balaban J connectivity index is 2.83. The van der Waals surface area contributed by atoms with E-state index in [1.165, 1.54) is 10.0 Å². The third-order valence-corrected chi connectivity index (χ3v) is 4.47. The summed E-state index contributed by atoms with van der Waals surface area (Å²) in [6.45, 7) is 0.736. The van der Waals surface area contributed by atoms with E-state index in [4.69, 9.17) is 5.73 Å². The van der Waals surface area contributed by atoms with Crippen LogP contribution in [0.3, 0.4) is 0 Å². The third-order valence-electron chi connectivity index (χ3n) is 1.47. The van der Waals surface area contributed by atoms with Crippen LogP contribution in [-0.4, -0.2) is 19.7 Å². The summed E-state index contributed by atoms with van der Waals surface area (Å²) in [6, 6.07) is 8.43. The molecule has 0 aliphatic carbocycles. The SMILES string of the molecule is NCCc1ccccc1[Se]Br. The molecule has 0 unspecified atom stereocenters. The van der Waals surface area contributed by atoms with Gasteiger partial charge in [0.15, 0.2) is 0 Å². The Hall–Kier alpha value is 0.179. The molecule has 0 aliphatic rings. The van der Waals surface area contributed by atoms with Crippen molar-refractivity contribution in [2.45, 2.75) is 6.42 Å². The van der Waals surface area contributed by atoms with Gasteiger partial charge < -0.3 is 0 Å². The molecule has 1 nitrogen and oxygen atoms in total. The molecule has 0 radical (unpaired) electrons. The second kappa shape index (κ2) is 4.94. The Morgan fingerprint density at radius 2 is 2.09 bits per heavy atom. The first-order valence-corrected chi connectivity index (χ1v) is 8.32. The molecule has 0 aliphatic heterocycles. The summed E-state index contributed by atoms with van der Waals surface area (Å²) in [5.41, 5.74) is 6.86. The van der Waals surface area contributed by atoms with E-state index < -0.39 is 0 Å². The van der Waals surface area contributed by atoms with Gasteiger partial charge in [-0.1, -0.05) is 0 Å². The second-order valence-electron chi connectivity index (χ2n) is 2.22. The van der Waals surface area contributed by atoms with Crippen LogP contribution in [0.4, 0.5) is 0 Å². The summed E-state index contributed by atoms with van der Waals surface area (Å²) in [4.78, 5) is 0. The summed E-state index contributed by atoms with van der Waals surface area (Å²) < 4.78 is 1.41. The topological polar surface area (TPSA) is 26.0 Å². The molecule has 0 saturated heterocycles. The second-order valence-corrected chi connectivity index (χ2v) is 5.15. The first kappa shape index (κ1) is 9.27. The number of hydrogen-bond acceptors (Lipinski definition) is 1. The number of halogens is 1. The fraction of sp³-hybridized carbons (Fsp3) is 0.250. The van der Waals surface area contributed by atoms with Gasteiger partial charge in [-0.25, -0.2) is 0 Å². The molecular formula is C8H10BrNSe. The van der Waals surface area contributed by atoms with Gasteiger partial charge >= 0.3 is 80.2 Å².